The first-order valence-electron chi connectivity index (χ1n) is 12.7. The van der Waals surface area contributed by atoms with Crippen LogP contribution >= 0.6 is 0 Å². The number of amides is 1. The molecule has 198 valence electrons. The van der Waals surface area contributed by atoms with Crippen LogP contribution in [-0.2, 0) is 15.8 Å². The zero-order valence-corrected chi connectivity index (χ0v) is 22.3. The lowest BCUT2D eigenvalue weighted by Crippen LogP contribution is -2.51. The predicted molar refractivity (Wildman–Crippen MR) is 148 cm³/mol. The molecule has 1 aliphatic heterocycles. The Kier molecular flexibility index (Phi) is 11.0. The number of nitrogens with two attached hydrogens (primary N) is 1. The molecular formula is C26H40N6O3S. The van der Waals surface area contributed by atoms with Crippen LogP contribution in [0.3, 0.4) is 0 Å². The summed E-state index contributed by atoms with van der Waals surface area (Å²) in [6, 6.07) is 12.3. The lowest BCUT2D eigenvalue weighted by atomic mass is 10.2. The number of hydrogen-bond acceptors (Lipinski definition) is 7. The number of rotatable bonds is 14. The molecule has 3 rings (SSSR count). The fraction of sp³-hybridized carbons (Fsp3) is 0.538. The molecule has 10 heteroatoms. The van der Waals surface area contributed by atoms with E-state index in [4.69, 9.17) is 5.73 Å². The third kappa shape index (κ3) is 7.91. The number of carbonyl (C=O) groups is 1. The van der Waals surface area contributed by atoms with E-state index in [1.807, 2.05) is 28.3 Å². The molecule has 36 heavy (non-hydrogen) atoms. The van der Waals surface area contributed by atoms with Crippen molar-refractivity contribution < 1.29 is 14.1 Å². The minimum atomic E-state index is -1.52. The summed E-state index contributed by atoms with van der Waals surface area (Å²) in [5.74, 6) is 0.145. The van der Waals surface area contributed by atoms with Crippen LogP contribution in [0.5, 0.6) is 0 Å². The van der Waals surface area contributed by atoms with E-state index in [2.05, 4.69) is 46.4 Å². The van der Waals surface area contributed by atoms with Gasteiger partial charge in [-0.25, -0.2) is 13.5 Å². The number of aryl methyl sites for hydroxylation is 1. The average molecular weight is 517 g/mol. The third-order valence-electron chi connectivity index (χ3n) is 6.40. The van der Waals surface area contributed by atoms with Crippen molar-refractivity contribution in [2.45, 2.75) is 38.4 Å². The Morgan fingerprint density at radius 3 is 2.47 bits per heavy atom. The summed E-state index contributed by atoms with van der Waals surface area (Å²) >= 11 is 0. The standard InChI is InChI=1S/C26H40N6O3S/c1-3-4-12-28-22-6-8-23(9-7-22)30-14-16-32(17-15-30)36(35)24(26(27)34)11-13-31(18-19-33)25-10-5-21(2)20-29-25/h5-10,20,24,28,33H,3-4,11-19H2,1-2H3,(H2,27,34). The van der Waals surface area contributed by atoms with Gasteiger partial charge in [0.05, 0.1) is 6.61 Å². The number of piperazine rings is 1. The smallest absolute Gasteiger partial charge is 0.234 e. The first-order chi connectivity index (χ1) is 17.4. The van der Waals surface area contributed by atoms with E-state index in [9.17, 15) is 14.1 Å². The van der Waals surface area contributed by atoms with Gasteiger partial charge in [0, 0.05) is 63.4 Å². The van der Waals surface area contributed by atoms with E-state index >= 15 is 0 Å². The molecule has 1 aromatic carbocycles. The van der Waals surface area contributed by atoms with Crippen molar-refractivity contribution in [3.05, 3.63) is 48.2 Å². The van der Waals surface area contributed by atoms with Gasteiger partial charge in [-0.05, 0) is 55.7 Å². The van der Waals surface area contributed by atoms with Crippen molar-refractivity contribution in [3.8, 4) is 0 Å². The van der Waals surface area contributed by atoms with Gasteiger partial charge in [0.25, 0.3) is 0 Å². The van der Waals surface area contributed by atoms with Crippen LogP contribution < -0.4 is 20.9 Å². The van der Waals surface area contributed by atoms with Crippen LogP contribution in [-0.4, -0.2) is 82.2 Å². The summed E-state index contributed by atoms with van der Waals surface area (Å²) in [4.78, 5) is 20.8. The Morgan fingerprint density at radius 2 is 1.89 bits per heavy atom. The molecule has 1 amide bonds. The Labute approximate surface area is 217 Å². The van der Waals surface area contributed by atoms with Crippen molar-refractivity contribution in [2.24, 2.45) is 5.73 Å². The van der Waals surface area contributed by atoms with Gasteiger partial charge in [-0.2, -0.15) is 0 Å². The minimum absolute atomic E-state index is 0.0440. The van der Waals surface area contributed by atoms with Gasteiger partial charge in [-0.1, -0.05) is 19.4 Å². The molecular weight excluding hydrogens is 476 g/mol. The summed E-state index contributed by atoms with van der Waals surface area (Å²) < 4.78 is 15.2. The van der Waals surface area contributed by atoms with E-state index in [0.717, 1.165) is 49.4 Å². The number of aliphatic hydroxyl groups is 1. The van der Waals surface area contributed by atoms with E-state index < -0.39 is 22.1 Å². The number of primary amides is 1. The van der Waals surface area contributed by atoms with Crippen LogP contribution in [0.4, 0.5) is 17.2 Å². The third-order valence-corrected chi connectivity index (χ3v) is 8.23. The highest BCUT2D eigenvalue weighted by Crippen LogP contribution is 2.21. The number of pyridine rings is 1. The fourth-order valence-corrected chi connectivity index (χ4v) is 5.62. The molecule has 2 heterocycles. The highest BCUT2D eigenvalue weighted by molar-refractivity contribution is 7.84. The second-order valence-corrected chi connectivity index (χ2v) is 10.7. The number of nitrogens with one attached hydrogen (secondary N) is 1. The molecule has 1 saturated heterocycles. The molecule has 2 unspecified atom stereocenters. The van der Waals surface area contributed by atoms with Gasteiger partial charge in [0.1, 0.15) is 22.1 Å². The van der Waals surface area contributed by atoms with E-state index in [1.54, 1.807) is 6.20 Å². The van der Waals surface area contributed by atoms with Crippen LogP contribution in [0.25, 0.3) is 0 Å². The summed E-state index contributed by atoms with van der Waals surface area (Å²) in [6.45, 7) is 8.50. The van der Waals surface area contributed by atoms with Gasteiger partial charge in [-0.3, -0.25) is 4.79 Å². The first kappa shape index (κ1) is 27.9. The van der Waals surface area contributed by atoms with Crippen LogP contribution in [0, 0.1) is 6.92 Å². The Bertz CT molecular complexity index is 965. The molecule has 1 fully saturated rings. The number of nitrogens with zero attached hydrogens (tertiary/aromatic N) is 4. The van der Waals surface area contributed by atoms with E-state index in [-0.39, 0.29) is 6.61 Å². The lowest BCUT2D eigenvalue weighted by Gasteiger charge is -2.36. The molecule has 2 atom stereocenters. The van der Waals surface area contributed by atoms with Gasteiger partial charge in [0.15, 0.2) is 0 Å². The summed E-state index contributed by atoms with van der Waals surface area (Å²) in [5, 5.41) is 12.1. The van der Waals surface area contributed by atoms with Crippen molar-refractivity contribution in [1.82, 2.24) is 9.29 Å². The monoisotopic (exact) mass is 516 g/mol. The quantitative estimate of drug-likeness (QED) is 0.330. The van der Waals surface area contributed by atoms with Crippen LogP contribution in [0.2, 0.25) is 0 Å². The van der Waals surface area contributed by atoms with Gasteiger partial charge in [0.2, 0.25) is 5.91 Å². The molecule has 0 spiro atoms. The second kappa shape index (κ2) is 14.2. The maximum Gasteiger partial charge on any atom is 0.234 e. The van der Waals surface area contributed by atoms with Gasteiger partial charge >= 0.3 is 0 Å². The van der Waals surface area contributed by atoms with Crippen LogP contribution in [0.15, 0.2) is 42.6 Å². The van der Waals surface area contributed by atoms with Crippen molar-refractivity contribution in [2.75, 3.05) is 67.5 Å². The Morgan fingerprint density at radius 1 is 1.17 bits per heavy atom. The molecule has 9 nitrogen and oxygen atoms in total. The molecule has 1 aliphatic rings. The summed E-state index contributed by atoms with van der Waals surface area (Å²) in [7, 11) is -1.52. The zero-order chi connectivity index (χ0) is 25.9. The van der Waals surface area contributed by atoms with Crippen LogP contribution in [0.1, 0.15) is 31.7 Å². The summed E-state index contributed by atoms with van der Waals surface area (Å²) in [6.07, 6.45) is 4.40. The lowest BCUT2D eigenvalue weighted by molar-refractivity contribution is -0.117. The predicted octanol–water partition coefficient (Wildman–Crippen LogP) is 2.13. The number of aliphatic hydroxyl groups excluding tert-OH is 1. The topological polar surface area (TPSA) is 115 Å². The largest absolute Gasteiger partial charge is 0.395 e. The maximum atomic E-state index is 13.3. The number of aromatic nitrogens is 1. The average Bonchev–Trinajstić information content (AvgIpc) is 2.89. The van der Waals surface area contributed by atoms with Crippen molar-refractivity contribution in [3.63, 3.8) is 0 Å². The summed E-state index contributed by atoms with van der Waals surface area (Å²) in [5.41, 5.74) is 8.97. The molecule has 0 saturated carbocycles. The number of hydrogen-bond donors (Lipinski definition) is 3. The highest BCUT2D eigenvalue weighted by Gasteiger charge is 2.31. The molecule has 4 N–H and O–H groups in total. The van der Waals surface area contributed by atoms with Crippen molar-refractivity contribution >= 4 is 34.1 Å². The molecule has 0 radical (unpaired) electrons. The number of anilines is 3. The van der Waals surface area contributed by atoms with E-state index in [0.29, 0.717) is 38.4 Å². The highest BCUT2D eigenvalue weighted by atomic mass is 32.2. The number of unbranched alkanes of at least 4 members (excludes halogenated alkanes) is 1. The molecule has 1 aromatic heterocycles. The second-order valence-electron chi connectivity index (χ2n) is 9.10. The Hall–Kier alpha value is -2.69. The minimum Gasteiger partial charge on any atom is -0.395 e. The molecule has 0 aliphatic carbocycles. The van der Waals surface area contributed by atoms with Crippen molar-refractivity contribution in [1.29, 1.82) is 0 Å². The molecule has 0 bridgehead atoms. The number of carbonyl (C=O) groups excluding carboxylic acids is 1. The van der Waals surface area contributed by atoms with Gasteiger partial charge < -0.3 is 26.0 Å². The van der Waals surface area contributed by atoms with E-state index in [1.165, 1.54) is 0 Å². The maximum absolute atomic E-state index is 13.3. The molecule has 2 aromatic rings. The normalized spacial score (nSPS) is 15.9. The first-order valence-corrected chi connectivity index (χ1v) is 13.9. The number of benzene rings is 1. The SMILES string of the molecule is CCCCNc1ccc(N2CCN(S(=O)C(CCN(CCO)c3ccc(C)cn3)C(N)=O)CC2)cc1. The fourth-order valence-electron chi connectivity index (χ4n) is 4.23. The van der Waals surface area contributed by atoms with Gasteiger partial charge in [-0.15, -0.1) is 0 Å². The Balaban J connectivity index is 1.54. The zero-order valence-electron chi connectivity index (χ0n) is 21.4.